The van der Waals surface area contributed by atoms with Crippen molar-refractivity contribution in [2.24, 2.45) is 5.92 Å². The van der Waals surface area contributed by atoms with E-state index in [1.54, 1.807) is 13.0 Å². The van der Waals surface area contributed by atoms with Gasteiger partial charge in [-0.25, -0.2) is 4.79 Å². The molecule has 0 saturated heterocycles. The molecule has 7 nitrogen and oxygen atoms in total. The number of fused-ring (bicyclic) bond motifs is 1. The third-order valence-electron chi connectivity index (χ3n) is 5.45. The fourth-order valence-electron chi connectivity index (χ4n) is 3.78. The molecule has 3 unspecified atom stereocenters. The van der Waals surface area contributed by atoms with E-state index < -0.39 is 29.4 Å². The van der Waals surface area contributed by atoms with E-state index in [0.29, 0.717) is 11.1 Å². The predicted octanol–water partition coefficient (Wildman–Crippen LogP) is 2.83. The molecule has 156 valence electrons. The molecule has 3 atom stereocenters. The first kappa shape index (κ1) is 20.9. The van der Waals surface area contributed by atoms with Gasteiger partial charge < -0.3 is 24.4 Å². The Bertz CT molecular complexity index is 899. The number of aryl methyl sites for hydroxylation is 1. The Morgan fingerprint density at radius 1 is 1.34 bits per heavy atom. The molecule has 1 aliphatic carbocycles. The summed E-state index contributed by atoms with van der Waals surface area (Å²) in [5.41, 5.74) is -0.562. The average molecular weight is 402 g/mol. The van der Waals surface area contributed by atoms with E-state index in [2.05, 4.69) is 0 Å². The zero-order chi connectivity index (χ0) is 21.3. The molecule has 1 aromatic rings. The summed E-state index contributed by atoms with van der Waals surface area (Å²) in [5.74, 6) is -0.941. The van der Waals surface area contributed by atoms with Gasteiger partial charge in [0, 0.05) is 18.4 Å². The van der Waals surface area contributed by atoms with Crippen LogP contribution in [0.3, 0.4) is 0 Å². The van der Waals surface area contributed by atoms with E-state index in [0.717, 1.165) is 18.6 Å². The molecule has 2 aliphatic rings. The molecule has 2 N–H and O–H groups in total. The Kier molecular flexibility index (Phi) is 5.71. The van der Waals surface area contributed by atoms with Crippen molar-refractivity contribution in [3.8, 4) is 11.5 Å². The van der Waals surface area contributed by atoms with Crippen LogP contribution in [0.1, 0.15) is 42.6 Å². The van der Waals surface area contributed by atoms with E-state index in [9.17, 15) is 19.8 Å². The fraction of sp³-hybridized carbons (Fsp3) is 0.455. The van der Waals surface area contributed by atoms with Gasteiger partial charge in [0.2, 0.25) is 5.78 Å². The second kappa shape index (κ2) is 7.91. The summed E-state index contributed by atoms with van der Waals surface area (Å²) in [5, 5.41) is 20.6. The predicted molar refractivity (Wildman–Crippen MR) is 105 cm³/mol. The molecule has 0 radical (unpaired) electrons. The van der Waals surface area contributed by atoms with Crippen molar-refractivity contribution >= 4 is 11.8 Å². The summed E-state index contributed by atoms with van der Waals surface area (Å²) in [6, 6.07) is 2.69. The van der Waals surface area contributed by atoms with Crippen molar-refractivity contribution in [2.45, 2.75) is 45.3 Å². The summed E-state index contributed by atoms with van der Waals surface area (Å²) < 4.78 is 16.4. The topological polar surface area (TPSA) is 102 Å². The van der Waals surface area contributed by atoms with E-state index in [-0.39, 0.29) is 23.7 Å². The van der Waals surface area contributed by atoms with Crippen molar-refractivity contribution in [2.75, 3.05) is 13.7 Å². The smallest absolute Gasteiger partial charge is 0.343 e. The Hall–Kier alpha value is -2.80. The largest absolute Gasteiger partial charge is 0.508 e. The number of hydrogen-bond donors (Lipinski definition) is 2. The Labute approximate surface area is 169 Å². The molecule has 3 rings (SSSR count). The lowest BCUT2D eigenvalue weighted by Crippen LogP contribution is -2.57. The van der Waals surface area contributed by atoms with E-state index in [1.165, 1.54) is 32.2 Å². The molecule has 0 saturated carbocycles. The van der Waals surface area contributed by atoms with Gasteiger partial charge in [-0.05, 0) is 49.6 Å². The average Bonchev–Trinajstić information content (AvgIpc) is 2.66. The van der Waals surface area contributed by atoms with Gasteiger partial charge in [0.05, 0.1) is 19.5 Å². The number of carbonyl (C=O) groups is 2. The summed E-state index contributed by atoms with van der Waals surface area (Å²) in [6.45, 7) is 5.26. The van der Waals surface area contributed by atoms with Crippen LogP contribution in [0, 0.1) is 12.8 Å². The number of allylic oxidation sites excluding steroid dienone is 2. The van der Waals surface area contributed by atoms with Gasteiger partial charge >= 0.3 is 5.97 Å². The van der Waals surface area contributed by atoms with Gasteiger partial charge in [-0.15, -0.1) is 0 Å². The van der Waals surface area contributed by atoms with Crippen LogP contribution in [0.5, 0.6) is 11.5 Å². The second-order valence-electron chi connectivity index (χ2n) is 7.57. The summed E-state index contributed by atoms with van der Waals surface area (Å²) in [6.07, 6.45) is 3.60. The van der Waals surface area contributed by atoms with Gasteiger partial charge in [-0.1, -0.05) is 6.92 Å². The molecule has 1 aromatic carbocycles. The van der Waals surface area contributed by atoms with Gasteiger partial charge in [0.1, 0.15) is 23.2 Å². The van der Waals surface area contributed by atoms with E-state index in [4.69, 9.17) is 14.2 Å². The standard InChI is InChI=1S/C22H26O7/c1-5-6-15-8-13-9-18(24)22(3,20(25)16(13)11-28-15)29-21(26)19-12(2)7-14(23)10-17(19)27-4/h7-10,16,20,23,25H,5-6,11H2,1-4H3. The fourth-order valence-corrected chi connectivity index (χ4v) is 3.78. The van der Waals surface area contributed by atoms with Crippen LogP contribution < -0.4 is 4.74 Å². The summed E-state index contributed by atoms with van der Waals surface area (Å²) in [4.78, 5) is 25.8. The third-order valence-corrected chi connectivity index (χ3v) is 5.45. The molecule has 0 bridgehead atoms. The number of aliphatic hydroxyl groups excluding tert-OH is 1. The summed E-state index contributed by atoms with van der Waals surface area (Å²) >= 11 is 0. The van der Waals surface area contributed by atoms with Crippen LogP contribution in [0.25, 0.3) is 0 Å². The van der Waals surface area contributed by atoms with Gasteiger partial charge in [0.25, 0.3) is 0 Å². The number of phenolic OH excluding ortho intramolecular Hbond substituents is 1. The highest BCUT2D eigenvalue weighted by Gasteiger charge is 2.52. The second-order valence-corrected chi connectivity index (χ2v) is 7.57. The zero-order valence-corrected chi connectivity index (χ0v) is 17.0. The van der Waals surface area contributed by atoms with Crippen molar-refractivity contribution in [3.63, 3.8) is 0 Å². The molecule has 0 aromatic heterocycles. The van der Waals surface area contributed by atoms with Crippen LogP contribution in [0.4, 0.5) is 0 Å². The van der Waals surface area contributed by atoms with Crippen LogP contribution in [0.2, 0.25) is 0 Å². The van der Waals surface area contributed by atoms with Crippen LogP contribution in [0.15, 0.2) is 35.6 Å². The number of hydrogen-bond acceptors (Lipinski definition) is 7. The van der Waals surface area contributed by atoms with Gasteiger partial charge in [-0.2, -0.15) is 0 Å². The number of aliphatic hydroxyl groups is 1. The molecule has 0 spiro atoms. The number of benzene rings is 1. The number of esters is 1. The minimum atomic E-state index is -1.76. The number of methoxy groups -OCH3 is 1. The number of aromatic hydroxyl groups is 1. The molecule has 29 heavy (non-hydrogen) atoms. The number of ketones is 1. The number of carbonyl (C=O) groups excluding carboxylic acids is 2. The lowest BCUT2D eigenvalue weighted by atomic mass is 9.74. The van der Waals surface area contributed by atoms with E-state index in [1.807, 2.05) is 6.92 Å². The Balaban J connectivity index is 1.92. The molecule has 0 fully saturated rings. The SMILES string of the molecule is CCCC1=CC2=CC(=O)C(C)(OC(=O)c3c(C)cc(O)cc3OC)C(O)C2CO1. The highest BCUT2D eigenvalue weighted by molar-refractivity contribution is 6.03. The molecule has 1 aliphatic heterocycles. The maximum Gasteiger partial charge on any atom is 0.343 e. The highest BCUT2D eigenvalue weighted by Crippen LogP contribution is 2.39. The lowest BCUT2D eigenvalue weighted by Gasteiger charge is -2.41. The zero-order valence-electron chi connectivity index (χ0n) is 17.0. The number of rotatable bonds is 5. The highest BCUT2D eigenvalue weighted by atomic mass is 16.6. The monoisotopic (exact) mass is 402 g/mol. The molecule has 0 amide bonds. The van der Waals surface area contributed by atoms with Crippen LogP contribution in [-0.4, -0.2) is 47.4 Å². The first-order valence-electron chi connectivity index (χ1n) is 9.59. The first-order chi connectivity index (χ1) is 13.7. The maximum atomic E-state index is 12.9. The van der Waals surface area contributed by atoms with Crippen molar-refractivity contribution < 1.29 is 34.0 Å². The minimum Gasteiger partial charge on any atom is -0.508 e. The quantitative estimate of drug-likeness (QED) is 0.730. The van der Waals surface area contributed by atoms with Crippen molar-refractivity contribution in [1.82, 2.24) is 0 Å². The first-order valence-corrected chi connectivity index (χ1v) is 9.59. The van der Waals surface area contributed by atoms with Gasteiger partial charge in [0.15, 0.2) is 5.60 Å². The van der Waals surface area contributed by atoms with E-state index >= 15 is 0 Å². The molecule has 1 heterocycles. The Morgan fingerprint density at radius 3 is 2.72 bits per heavy atom. The van der Waals surface area contributed by atoms with Crippen molar-refractivity contribution in [1.29, 1.82) is 0 Å². The normalized spacial score (nSPS) is 26.0. The maximum absolute atomic E-state index is 12.9. The van der Waals surface area contributed by atoms with Gasteiger partial charge in [-0.3, -0.25) is 4.79 Å². The Morgan fingerprint density at radius 2 is 2.07 bits per heavy atom. The van der Waals surface area contributed by atoms with Crippen LogP contribution >= 0.6 is 0 Å². The molecule has 7 heteroatoms. The van der Waals surface area contributed by atoms with Crippen LogP contribution in [-0.2, 0) is 14.3 Å². The van der Waals surface area contributed by atoms with Crippen molar-refractivity contribution in [3.05, 3.63) is 46.7 Å². The lowest BCUT2D eigenvalue weighted by molar-refractivity contribution is -0.152. The number of phenols is 1. The summed E-state index contributed by atoms with van der Waals surface area (Å²) in [7, 11) is 1.36. The number of ether oxygens (including phenoxy) is 3. The molecular weight excluding hydrogens is 376 g/mol. The third kappa shape index (κ3) is 3.74. The molecular formula is C22H26O7. The minimum absolute atomic E-state index is 0.0579.